The van der Waals surface area contributed by atoms with Crippen LogP contribution in [0.4, 0.5) is 0 Å². The number of nitrogens with zero attached hydrogens (tertiary/aromatic N) is 4. The van der Waals surface area contributed by atoms with Gasteiger partial charge in [-0.05, 0) is 143 Å². The average molecular weight is 959 g/mol. The van der Waals surface area contributed by atoms with Gasteiger partial charge in [0.2, 0.25) is 0 Å². The summed E-state index contributed by atoms with van der Waals surface area (Å²) in [5.41, 5.74) is 25.4. The van der Waals surface area contributed by atoms with Gasteiger partial charge in [0.1, 0.15) is 0 Å². The maximum atomic E-state index is 5.74. The Morgan fingerprint density at radius 2 is 0.549 bits per heavy atom. The van der Waals surface area contributed by atoms with Gasteiger partial charge in [0, 0.05) is 22.1 Å². The maximum Gasteiger partial charge on any atom is 0.0753 e. The number of benzene rings is 3. The molecule has 3 aromatic rings. The van der Waals surface area contributed by atoms with E-state index in [1.807, 2.05) is 0 Å². The van der Waals surface area contributed by atoms with Crippen molar-refractivity contribution in [2.24, 2.45) is 20.0 Å². The molecule has 0 aromatic heterocycles. The summed E-state index contributed by atoms with van der Waals surface area (Å²) in [5, 5.41) is 2.10. The second kappa shape index (κ2) is 17.4. The molecule has 0 spiro atoms. The van der Waals surface area contributed by atoms with Crippen LogP contribution in [0.2, 0.25) is 0 Å². The molecule has 2 N–H and O–H groups in total. The van der Waals surface area contributed by atoms with Gasteiger partial charge in [-0.3, -0.25) is 0 Å². The van der Waals surface area contributed by atoms with Crippen molar-refractivity contribution in [3.8, 4) is 0 Å². The van der Waals surface area contributed by atoms with Crippen molar-refractivity contribution >= 4 is 51.5 Å². The van der Waals surface area contributed by atoms with Gasteiger partial charge in [0.25, 0.3) is 0 Å². The minimum Gasteiger partial charge on any atom is -0.310 e. The highest BCUT2D eigenvalue weighted by atomic mass is 32.2. The molecule has 6 aliphatic heterocycles. The van der Waals surface area contributed by atoms with Crippen molar-refractivity contribution in [1.82, 2.24) is 10.3 Å². The second-order valence-electron chi connectivity index (χ2n) is 26.1. The Kier molecular flexibility index (Phi) is 12.3. The molecule has 0 atom stereocenters. The van der Waals surface area contributed by atoms with E-state index in [4.69, 9.17) is 20.0 Å². The van der Waals surface area contributed by atoms with Gasteiger partial charge in [0.05, 0.1) is 56.9 Å². The largest absolute Gasteiger partial charge is 0.310 e. The summed E-state index contributed by atoms with van der Waals surface area (Å²) in [6.45, 7) is 41.4. The zero-order valence-electron chi connectivity index (χ0n) is 45.6. The molecule has 366 valence electrons. The predicted octanol–water partition coefficient (Wildman–Crippen LogP) is 15.9. The quantitative estimate of drug-likeness (QED) is 0.256. The smallest absolute Gasteiger partial charge is 0.0753 e. The van der Waals surface area contributed by atoms with Crippen LogP contribution in [-0.4, -0.2) is 22.8 Å². The Hall–Kier alpha value is -5.89. The standard InChI is InChI=1S/C64H74N6S/c1-59(2,3)40-27-37(28-41(33-40)60(4,5)6)55-46-19-21-48(65-46)56(38-29-42(61(7,8)9)34-43(30-38)62(10,11)12)50-23-25-52(67-50)58(54-36-71-70-69-54)53-26-24-51(68-53)57(49-22-20-47(55)66-49)39-31-44(63(13,14)15)35-45(32-39)64(16,17)18/h19-36,69-70H,1-18H3. The number of allylic oxidation sites excluding steroid dienone is 12. The fourth-order valence-electron chi connectivity index (χ4n) is 9.49. The molecule has 6 nitrogen and oxygen atoms in total. The first-order valence-corrected chi connectivity index (χ1v) is 26.2. The van der Waals surface area contributed by atoms with E-state index >= 15 is 0 Å². The predicted molar refractivity (Wildman–Crippen MR) is 308 cm³/mol. The van der Waals surface area contributed by atoms with Crippen LogP contribution in [0.3, 0.4) is 0 Å². The van der Waals surface area contributed by atoms with Gasteiger partial charge < -0.3 is 5.43 Å². The molecule has 0 saturated carbocycles. The molecule has 3 aromatic carbocycles. The van der Waals surface area contributed by atoms with E-state index in [1.165, 1.54) is 45.3 Å². The molecule has 0 unspecified atom stereocenters. The Labute approximate surface area is 429 Å². The van der Waals surface area contributed by atoms with Crippen LogP contribution in [-0.2, 0) is 32.5 Å². The molecular formula is C64H74N6S. The number of aliphatic imine (C=N–C) groups is 4. The van der Waals surface area contributed by atoms with Gasteiger partial charge in [-0.15, -0.1) is 0 Å². The molecule has 71 heavy (non-hydrogen) atoms. The summed E-state index contributed by atoms with van der Waals surface area (Å²) in [4.78, 5) is 25.9. The molecular weight excluding hydrogens is 885 g/mol. The molecule has 9 rings (SSSR count). The van der Waals surface area contributed by atoms with E-state index < -0.39 is 0 Å². The minimum absolute atomic E-state index is 0.0965. The van der Waals surface area contributed by atoms with Crippen LogP contribution in [0.1, 0.15) is 175 Å². The minimum atomic E-state index is -0.103. The molecule has 0 amide bonds. The van der Waals surface area contributed by atoms with E-state index in [0.717, 1.165) is 90.3 Å². The third kappa shape index (κ3) is 10.0. The number of rotatable bonds is 4. The zero-order chi connectivity index (χ0) is 51.4. The van der Waals surface area contributed by atoms with Crippen molar-refractivity contribution in [2.75, 3.05) is 0 Å². The monoisotopic (exact) mass is 959 g/mol. The Bertz CT molecular complexity index is 3050. The Morgan fingerprint density at radius 1 is 0.310 bits per heavy atom. The highest BCUT2D eigenvalue weighted by Crippen LogP contribution is 2.43. The normalized spacial score (nSPS) is 18.5. The van der Waals surface area contributed by atoms with Gasteiger partial charge in [0.15, 0.2) is 0 Å². The van der Waals surface area contributed by atoms with Gasteiger partial charge in [-0.2, -0.15) is 4.83 Å². The van der Waals surface area contributed by atoms with Gasteiger partial charge >= 0.3 is 0 Å². The lowest BCUT2D eigenvalue weighted by atomic mass is 9.78. The summed E-state index contributed by atoms with van der Waals surface area (Å²) in [5.74, 6) is 0. The molecule has 6 aliphatic rings. The molecule has 0 fully saturated rings. The first kappa shape index (κ1) is 50.1. The number of hydrogen-bond acceptors (Lipinski definition) is 7. The van der Waals surface area contributed by atoms with Crippen LogP contribution in [0.15, 0.2) is 163 Å². The average Bonchev–Trinajstić information content (AvgIpc) is 4.13. The number of hydrazine groups is 1. The summed E-state index contributed by atoms with van der Waals surface area (Å²) in [6, 6.07) is 21.3. The van der Waals surface area contributed by atoms with Crippen LogP contribution in [0, 0.1) is 0 Å². The van der Waals surface area contributed by atoms with E-state index in [9.17, 15) is 0 Å². The van der Waals surface area contributed by atoms with Crippen LogP contribution < -0.4 is 10.3 Å². The summed E-state index contributed by atoms with van der Waals surface area (Å²) in [7, 11) is 0. The first-order valence-electron chi connectivity index (χ1n) is 25.4. The highest BCUT2D eigenvalue weighted by molar-refractivity contribution is 8.00. The lowest BCUT2D eigenvalue weighted by molar-refractivity contribution is 0.567. The fourth-order valence-corrected chi connectivity index (χ4v) is 10.0. The summed E-state index contributed by atoms with van der Waals surface area (Å²) < 4.78 is 0. The molecule has 0 radical (unpaired) electrons. The number of nitrogens with one attached hydrogen (secondary N) is 2. The topological polar surface area (TPSA) is 73.5 Å². The van der Waals surface area contributed by atoms with Crippen molar-refractivity contribution in [3.63, 3.8) is 0 Å². The fraction of sp³-hybridized carbons (Fsp3) is 0.375. The second-order valence-corrected chi connectivity index (χ2v) is 26.8. The molecule has 7 heteroatoms. The van der Waals surface area contributed by atoms with Crippen molar-refractivity contribution in [1.29, 1.82) is 0 Å². The molecule has 8 bridgehead atoms. The van der Waals surface area contributed by atoms with Gasteiger partial charge in [-0.1, -0.05) is 179 Å². The Morgan fingerprint density at radius 3 is 0.775 bits per heavy atom. The molecule has 0 aliphatic carbocycles. The third-order valence-electron chi connectivity index (χ3n) is 14.2. The van der Waals surface area contributed by atoms with E-state index in [2.05, 4.69) is 243 Å². The molecule has 0 saturated heterocycles. The lowest BCUT2D eigenvalue weighted by Crippen LogP contribution is -2.22. The van der Waals surface area contributed by atoms with E-state index in [1.54, 1.807) is 0 Å². The van der Waals surface area contributed by atoms with E-state index in [-0.39, 0.29) is 32.5 Å². The molecule has 6 heterocycles. The van der Waals surface area contributed by atoms with E-state index in [0.29, 0.717) is 0 Å². The van der Waals surface area contributed by atoms with Gasteiger partial charge in [-0.25, -0.2) is 20.0 Å². The van der Waals surface area contributed by atoms with Crippen LogP contribution >= 0.6 is 11.9 Å². The van der Waals surface area contributed by atoms with Crippen molar-refractivity contribution in [2.45, 2.75) is 157 Å². The Balaban J connectivity index is 1.42. The summed E-state index contributed by atoms with van der Waals surface area (Å²) >= 11 is 1.51. The number of fused-ring (bicyclic) bond motifs is 4. The number of hydrogen-bond donors (Lipinski definition) is 2. The highest BCUT2D eigenvalue weighted by Gasteiger charge is 2.32. The van der Waals surface area contributed by atoms with Crippen molar-refractivity contribution in [3.05, 3.63) is 193 Å². The summed E-state index contributed by atoms with van der Waals surface area (Å²) in [6.07, 6.45) is 17.4. The third-order valence-corrected chi connectivity index (χ3v) is 14.7. The van der Waals surface area contributed by atoms with Crippen LogP contribution in [0.5, 0.6) is 0 Å². The van der Waals surface area contributed by atoms with Crippen LogP contribution in [0.25, 0.3) is 16.7 Å². The lowest BCUT2D eigenvalue weighted by Gasteiger charge is -2.27. The van der Waals surface area contributed by atoms with Crippen molar-refractivity contribution < 1.29 is 0 Å². The SMILES string of the molecule is CC(C)(C)c1cc(C2=C3C=CC(=N3)C(C3=CSNN3)=C3C=CC(=N3)C(c3cc(C(C)(C)C)cc(C(C)(C)C)c3)=C3C=CC(=N3)C(c3cc(C(C)(C)C)cc(C(C)(C)C)c3)=C3C=CC2=N3)cc(C(C)(C)C)c1. The maximum absolute atomic E-state index is 5.74. The zero-order valence-corrected chi connectivity index (χ0v) is 46.4. The first-order chi connectivity index (χ1) is 32.9.